The van der Waals surface area contributed by atoms with Gasteiger partial charge in [0.25, 0.3) is 0 Å². The molecule has 0 aliphatic heterocycles. The highest BCUT2D eigenvalue weighted by molar-refractivity contribution is 14.0. The molecule has 0 aromatic heterocycles. The van der Waals surface area contributed by atoms with Crippen LogP contribution in [-0.2, 0) is 4.74 Å². The van der Waals surface area contributed by atoms with Gasteiger partial charge in [-0.1, -0.05) is 13.8 Å². The molecule has 1 aliphatic rings. The van der Waals surface area contributed by atoms with Crippen LogP contribution in [0.1, 0.15) is 53.4 Å². The van der Waals surface area contributed by atoms with Crippen LogP contribution in [0.15, 0.2) is 4.99 Å². The number of ether oxygens (including phenoxy) is 1. The number of hydrogen-bond donors (Lipinski definition) is 3. The summed E-state index contributed by atoms with van der Waals surface area (Å²) in [5.41, 5.74) is 0. The number of hydrogen-bond acceptors (Lipinski definition) is 3. The molecule has 0 spiro atoms. The van der Waals surface area contributed by atoms with E-state index in [-0.39, 0.29) is 36.1 Å². The highest BCUT2D eigenvalue weighted by Crippen LogP contribution is 2.32. The Kier molecular flexibility index (Phi) is 12.2. The Hall–Kier alpha value is -0.730. The van der Waals surface area contributed by atoms with Gasteiger partial charge in [0, 0.05) is 19.6 Å². The highest BCUT2D eigenvalue weighted by atomic mass is 127. The lowest BCUT2D eigenvalue weighted by Crippen LogP contribution is -2.49. The molecule has 7 heteroatoms. The van der Waals surface area contributed by atoms with E-state index in [1.165, 1.54) is 6.42 Å². The van der Waals surface area contributed by atoms with E-state index in [1.54, 1.807) is 7.05 Å². The summed E-state index contributed by atoms with van der Waals surface area (Å²) in [5, 5.41) is 9.68. The van der Waals surface area contributed by atoms with Crippen LogP contribution in [0.2, 0.25) is 0 Å². The molecule has 0 saturated heterocycles. The summed E-state index contributed by atoms with van der Waals surface area (Å²) >= 11 is 0. The van der Waals surface area contributed by atoms with Gasteiger partial charge in [0.05, 0.1) is 12.6 Å². The Morgan fingerprint density at radius 1 is 1.21 bits per heavy atom. The number of carbonyl (C=O) groups excluding carboxylic acids is 1. The zero-order valence-corrected chi connectivity index (χ0v) is 18.1. The van der Waals surface area contributed by atoms with Crippen LogP contribution in [-0.4, -0.2) is 44.3 Å². The smallest absolute Gasteiger partial charge is 0.407 e. The van der Waals surface area contributed by atoms with Gasteiger partial charge < -0.3 is 20.7 Å². The van der Waals surface area contributed by atoms with Crippen molar-refractivity contribution in [3.63, 3.8) is 0 Å². The normalized spacial score (nSPS) is 16.8. The molecule has 0 aromatic carbocycles. The van der Waals surface area contributed by atoms with E-state index in [4.69, 9.17) is 4.74 Å². The first kappa shape index (κ1) is 23.3. The summed E-state index contributed by atoms with van der Waals surface area (Å²) in [6.45, 7) is 9.52. The Morgan fingerprint density at radius 2 is 1.88 bits per heavy atom. The maximum absolute atomic E-state index is 11.6. The van der Waals surface area contributed by atoms with Crippen molar-refractivity contribution in [3.05, 3.63) is 0 Å². The van der Waals surface area contributed by atoms with Crippen molar-refractivity contribution >= 4 is 36.0 Å². The number of nitrogens with one attached hydrogen (secondary N) is 3. The molecular weight excluding hydrogens is 419 g/mol. The average molecular weight is 454 g/mol. The van der Waals surface area contributed by atoms with Gasteiger partial charge in [0.2, 0.25) is 0 Å². The van der Waals surface area contributed by atoms with Gasteiger partial charge in [-0.2, -0.15) is 0 Å². The van der Waals surface area contributed by atoms with Crippen LogP contribution >= 0.6 is 24.0 Å². The minimum Gasteiger partial charge on any atom is -0.450 e. The van der Waals surface area contributed by atoms with Crippen molar-refractivity contribution < 1.29 is 9.53 Å². The van der Waals surface area contributed by atoms with Gasteiger partial charge in [0.15, 0.2) is 5.96 Å². The van der Waals surface area contributed by atoms with Crippen molar-refractivity contribution in [2.45, 2.75) is 65.5 Å². The molecule has 24 heavy (non-hydrogen) atoms. The van der Waals surface area contributed by atoms with Gasteiger partial charge in [-0.25, -0.2) is 4.79 Å². The van der Waals surface area contributed by atoms with Gasteiger partial charge in [-0.15, -0.1) is 24.0 Å². The fraction of sp³-hybridized carbons (Fsp3) is 0.882. The molecule has 0 aromatic rings. The van der Waals surface area contributed by atoms with Crippen LogP contribution in [0, 0.1) is 11.8 Å². The molecule has 3 N–H and O–H groups in total. The third-order valence-electron chi connectivity index (χ3n) is 4.04. The molecule has 0 radical (unpaired) electrons. The minimum absolute atomic E-state index is 0. The molecule has 1 aliphatic carbocycles. The van der Waals surface area contributed by atoms with E-state index in [1.807, 2.05) is 6.92 Å². The molecule has 1 rings (SSSR count). The molecule has 2 atom stereocenters. The summed E-state index contributed by atoms with van der Waals surface area (Å²) in [6, 6.07) is 0.472. The molecular formula is C17H35IN4O2. The molecule has 0 heterocycles. The number of amides is 1. The summed E-state index contributed by atoms with van der Waals surface area (Å²) in [7, 11) is 1.77. The number of guanidine groups is 1. The first-order chi connectivity index (χ1) is 11.0. The lowest BCUT2D eigenvalue weighted by molar-refractivity contribution is 0.146. The van der Waals surface area contributed by atoms with Crippen LogP contribution in [0.3, 0.4) is 0 Å². The molecule has 6 nitrogen and oxygen atoms in total. The van der Waals surface area contributed by atoms with Gasteiger partial charge in [0.1, 0.15) is 0 Å². The van der Waals surface area contributed by atoms with Crippen molar-refractivity contribution in [3.8, 4) is 0 Å². The van der Waals surface area contributed by atoms with E-state index in [2.05, 4.69) is 41.7 Å². The Labute approximate surface area is 164 Å². The standard InChI is InChI=1S/C17H34N4O2.HI/c1-6-23-17(22)21-15(14-9-10-14)11-19-16(18-5)20-13(4)8-7-12(2)3;/h12-15H,6-11H2,1-5H3,(H,21,22)(H2,18,19,20);1H. The zero-order valence-electron chi connectivity index (χ0n) is 15.7. The van der Waals surface area contributed by atoms with Crippen LogP contribution in [0.25, 0.3) is 0 Å². The van der Waals surface area contributed by atoms with Crippen molar-refractivity contribution in [2.75, 3.05) is 20.2 Å². The molecule has 0 bridgehead atoms. The SMILES string of the molecule is CCOC(=O)NC(CNC(=NC)NC(C)CCC(C)C)C1CC1.I. The topological polar surface area (TPSA) is 74.8 Å². The van der Waals surface area contributed by atoms with Crippen LogP contribution in [0.4, 0.5) is 4.79 Å². The number of carbonyl (C=O) groups is 1. The third kappa shape index (κ3) is 10.2. The molecule has 2 unspecified atom stereocenters. The molecule has 142 valence electrons. The summed E-state index contributed by atoms with van der Waals surface area (Å²) in [6.07, 6.45) is 4.30. The van der Waals surface area contributed by atoms with Crippen molar-refractivity contribution in [1.29, 1.82) is 0 Å². The number of alkyl carbamates (subject to hydrolysis) is 1. The quantitative estimate of drug-likeness (QED) is 0.284. The average Bonchev–Trinajstić information content (AvgIpc) is 3.32. The van der Waals surface area contributed by atoms with E-state index in [0.29, 0.717) is 31.0 Å². The van der Waals surface area contributed by atoms with Crippen LogP contribution < -0.4 is 16.0 Å². The monoisotopic (exact) mass is 454 g/mol. The van der Waals surface area contributed by atoms with Crippen molar-refractivity contribution in [1.82, 2.24) is 16.0 Å². The van der Waals surface area contributed by atoms with Gasteiger partial charge in [-0.3, -0.25) is 4.99 Å². The lowest BCUT2D eigenvalue weighted by Gasteiger charge is -2.22. The Bertz CT molecular complexity index is 387. The molecule has 1 fully saturated rings. The van der Waals surface area contributed by atoms with E-state index >= 15 is 0 Å². The second kappa shape index (κ2) is 12.6. The second-order valence-electron chi connectivity index (χ2n) is 6.78. The van der Waals surface area contributed by atoms with Crippen molar-refractivity contribution in [2.24, 2.45) is 16.8 Å². The summed E-state index contributed by atoms with van der Waals surface area (Å²) in [5.74, 6) is 2.04. The van der Waals surface area contributed by atoms with Gasteiger partial charge >= 0.3 is 6.09 Å². The molecule has 1 saturated carbocycles. The fourth-order valence-corrected chi connectivity index (χ4v) is 2.45. The number of rotatable bonds is 9. The van der Waals surface area contributed by atoms with E-state index in [9.17, 15) is 4.79 Å². The molecule has 1 amide bonds. The highest BCUT2D eigenvalue weighted by Gasteiger charge is 2.32. The summed E-state index contributed by atoms with van der Waals surface area (Å²) in [4.78, 5) is 15.9. The summed E-state index contributed by atoms with van der Waals surface area (Å²) < 4.78 is 4.98. The Balaban J connectivity index is 0.00000529. The second-order valence-corrected chi connectivity index (χ2v) is 6.78. The minimum atomic E-state index is -0.334. The number of halogens is 1. The Morgan fingerprint density at radius 3 is 2.38 bits per heavy atom. The maximum atomic E-state index is 11.6. The predicted molar refractivity (Wildman–Crippen MR) is 110 cm³/mol. The maximum Gasteiger partial charge on any atom is 0.407 e. The van der Waals surface area contributed by atoms with Gasteiger partial charge in [-0.05, 0) is 51.4 Å². The largest absolute Gasteiger partial charge is 0.450 e. The van der Waals surface area contributed by atoms with E-state index < -0.39 is 0 Å². The fourth-order valence-electron chi connectivity index (χ4n) is 2.45. The zero-order chi connectivity index (χ0) is 17.2. The van der Waals surface area contributed by atoms with E-state index in [0.717, 1.165) is 25.2 Å². The number of aliphatic imine (C=N–C) groups is 1. The number of nitrogens with zero attached hydrogens (tertiary/aromatic N) is 1. The van der Waals surface area contributed by atoms with Crippen LogP contribution in [0.5, 0.6) is 0 Å². The predicted octanol–water partition coefficient (Wildman–Crippen LogP) is 3.12. The third-order valence-corrected chi connectivity index (χ3v) is 4.04. The lowest BCUT2D eigenvalue weighted by atomic mass is 10.0. The first-order valence-corrected chi connectivity index (χ1v) is 8.86. The first-order valence-electron chi connectivity index (χ1n) is 8.86.